The number of alkyl halides is 3. The van der Waals surface area contributed by atoms with Crippen molar-refractivity contribution >= 4 is 0 Å². The Bertz CT molecular complexity index is 57.7. The lowest BCUT2D eigenvalue weighted by Crippen LogP contribution is -2.24. The van der Waals surface area contributed by atoms with Crippen molar-refractivity contribution in [1.82, 2.24) is 0 Å². The topological polar surface area (TPSA) is 20.2 Å². The number of aliphatic hydroxyl groups is 1. The van der Waals surface area contributed by atoms with Gasteiger partial charge in [0.25, 0.3) is 0 Å². The number of halogens is 3. The zero-order chi connectivity index (χ0) is 8.08. The van der Waals surface area contributed by atoms with Crippen molar-refractivity contribution < 1.29 is 18.3 Å². The normalized spacial score (nSPS) is 13.7. The van der Waals surface area contributed by atoms with Gasteiger partial charge in [0.2, 0.25) is 0 Å². The molecular weight excluding hydrogens is 133 g/mol. The summed E-state index contributed by atoms with van der Waals surface area (Å²) in [5, 5.41) is 7.76. The third-order valence-corrected chi connectivity index (χ3v) is 0.474. The van der Waals surface area contributed by atoms with E-state index >= 15 is 0 Å². The molecule has 1 nitrogen and oxygen atoms in total. The van der Waals surface area contributed by atoms with Crippen molar-refractivity contribution in [2.75, 3.05) is 0 Å². The second-order valence-electron chi connectivity index (χ2n) is 1.22. The van der Waals surface area contributed by atoms with Gasteiger partial charge in [-0.15, -0.1) is 0 Å². The van der Waals surface area contributed by atoms with E-state index in [9.17, 15) is 13.2 Å². The lowest BCUT2D eigenvalue weighted by atomic mass is 10.4. The highest BCUT2D eigenvalue weighted by atomic mass is 19.4. The second-order valence-corrected chi connectivity index (χ2v) is 1.22. The molecule has 9 heavy (non-hydrogen) atoms. The van der Waals surface area contributed by atoms with Gasteiger partial charge in [-0.1, -0.05) is 13.8 Å². The Morgan fingerprint density at radius 2 is 1.33 bits per heavy atom. The summed E-state index contributed by atoms with van der Waals surface area (Å²) in [7, 11) is 0. The zero-order valence-corrected chi connectivity index (χ0v) is 5.66. The quantitative estimate of drug-likeness (QED) is 0.551. The van der Waals surface area contributed by atoms with Crippen LogP contribution in [0.25, 0.3) is 0 Å². The molecule has 0 saturated heterocycles. The van der Waals surface area contributed by atoms with E-state index in [1.165, 1.54) is 0 Å². The van der Waals surface area contributed by atoms with Crippen LogP contribution in [0.2, 0.25) is 0 Å². The molecule has 1 N–H and O–H groups in total. The Labute approximate surface area is 52.5 Å². The van der Waals surface area contributed by atoms with Gasteiger partial charge in [0, 0.05) is 0 Å². The molecule has 0 heterocycles. The molecule has 0 radical (unpaired) electrons. The molecular formula is C5H11F3O. The maximum atomic E-state index is 10.9. The molecule has 0 amide bonds. The van der Waals surface area contributed by atoms with Crippen LogP contribution in [0.15, 0.2) is 0 Å². The highest BCUT2D eigenvalue weighted by Crippen LogP contribution is 2.18. The van der Waals surface area contributed by atoms with E-state index in [1.54, 1.807) is 0 Å². The Morgan fingerprint density at radius 1 is 1.22 bits per heavy atom. The van der Waals surface area contributed by atoms with Gasteiger partial charge in [-0.25, -0.2) is 0 Å². The van der Waals surface area contributed by atoms with Crippen LogP contribution < -0.4 is 0 Å². The van der Waals surface area contributed by atoms with Gasteiger partial charge in [-0.05, 0) is 6.92 Å². The summed E-state index contributed by atoms with van der Waals surface area (Å²) in [6.07, 6.45) is -6.65. The Morgan fingerprint density at radius 3 is 1.33 bits per heavy atom. The molecule has 0 aliphatic heterocycles. The van der Waals surface area contributed by atoms with Crippen molar-refractivity contribution in [3.8, 4) is 0 Å². The van der Waals surface area contributed by atoms with E-state index < -0.39 is 12.3 Å². The fourth-order valence-electron chi connectivity index (χ4n) is 0. The SMILES string of the molecule is CC.CC(O)C(F)(F)F. The highest BCUT2D eigenvalue weighted by Gasteiger charge is 2.33. The Kier molecular flexibility index (Phi) is 5.91. The predicted molar refractivity (Wildman–Crippen MR) is 29.1 cm³/mol. The summed E-state index contributed by atoms with van der Waals surface area (Å²) < 4.78 is 32.8. The maximum Gasteiger partial charge on any atom is 0.414 e. The van der Waals surface area contributed by atoms with Gasteiger partial charge in [0.15, 0.2) is 0 Å². The second kappa shape index (κ2) is 4.61. The zero-order valence-electron chi connectivity index (χ0n) is 5.66. The molecule has 0 aromatic rings. The minimum Gasteiger partial charge on any atom is -0.384 e. The summed E-state index contributed by atoms with van der Waals surface area (Å²) >= 11 is 0. The summed E-state index contributed by atoms with van der Waals surface area (Å²) in [5.74, 6) is 0. The average molecular weight is 144 g/mol. The van der Waals surface area contributed by atoms with Crippen molar-refractivity contribution in [3.05, 3.63) is 0 Å². The fraction of sp³-hybridized carbons (Fsp3) is 1.00. The molecule has 58 valence electrons. The largest absolute Gasteiger partial charge is 0.414 e. The summed E-state index contributed by atoms with van der Waals surface area (Å²) in [4.78, 5) is 0. The molecule has 0 aromatic carbocycles. The van der Waals surface area contributed by atoms with Gasteiger partial charge in [0.05, 0.1) is 0 Å². The van der Waals surface area contributed by atoms with Crippen LogP contribution in [-0.4, -0.2) is 17.4 Å². The first-order valence-electron chi connectivity index (χ1n) is 2.69. The lowest BCUT2D eigenvalue weighted by Gasteiger charge is -2.06. The molecule has 1 unspecified atom stereocenters. The first-order chi connectivity index (χ1) is 3.94. The summed E-state index contributed by atoms with van der Waals surface area (Å²) in [6, 6.07) is 0. The van der Waals surface area contributed by atoms with E-state index in [1.807, 2.05) is 13.8 Å². The summed E-state index contributed by atoms with van der Waals surface area (Å²) in [6.45, 7) is 4.68. The van der Waals surface area contributed by atoms with Crippen LogP contribution in [0.1, 0.15) is 20.8 Å². The van der Waals surface area contributed by atoms with Crippen LogP contribution in [0, 0.1) is 0 Å². The number of hydrogen-bond donors (Lipinski definition) is 1. The van der Waals surface area contributed by atoms with E-state index in [0.717, 1.165) is 0 Å². The molecule has 0 aromatic heterocycles. The van der Waals surface area contributed by atoms with Crippen LogP contribution in [0.4, 0.5) is 13.2 Å². The van der Waals surface area contributed by atoms with Gasteiger partial charge < -0.3 is 5.11 Å². The molecule has 0 rings (SSSR count). The molecule has 0 saturated carbocycles. The van der Waals surface area contributed by atoms with Crippen molar-refractivity contribution in [1.29, 1.82) is 0 Å². The Balaban J connectivity index is 0. The van der Waals surface area contributed by atoms with E-state index in [4.69, 9.17) is 5.11 Å². The first-order valence-corrected chi connectivity index (χ1v) is 2.69. The van der Waals surface area contributed by atoms with Crippen LogP contribution in [0.5, 0.6) is 0 Å². The molecule has 1 atom stereocenters. The third-order valence-electron chi connectivity index (χ3n) is 0.474. The highest BCUT2D eigenvalue weighted by molar-refractivity contribution is 4.55. The van der Waals surface area contributed by atoms with Crippen LogP contribution >= 0.6 is 0 Å². The predicted octanol–water partition coefficient (Wildman–Crippen LogP) is 1.96. The monoisotopic (exact) mass is 144 g/mol. The summed E-state index contributed by atoms with van der Waals surface area (Å²) in [5.41, 5.74) is 0. The van der Waals surface area contributed by atoms with Crippen molar-refractivity contribution in [2.45, 2.75) is 33.1 Å². The average Bonchev–Trinajstić information content (AvgIpc) is 1.69. The fourth-order valence-corrected chi connectivity index (χ4v) is 0. The van der Waals surface area contributed by atoms with Crippen LogP contribution in [0.3, 0.4) is 0 Å². The van der Waals surface area contributed by atoms with Crippen molar-refractivity contribution in [2.24, 2.45) is 0 Å². The van der Waals surface area contributed by atoms with E-state index in [0.29, 0.717) is 6.92 Å². The molecule has 0 aliphatic carbocycles. The van der Waals surface area contributed by atoms with Gasteiger partial charge in [0.1, 0.15) is 6.10 Å². The minimum atomic E-state index is -4.44. The smallest absolute Gasteiger partial charge is 0.384 e. The molecule has 0 bridgehead atoms. The number of aliphatic hydroxyl groups excluding tert-OH is 1. The molecule has 0 aliphatic rings. The van der Waals surface area contributed by atoms with Gasteiger partial charge in [-0.3, -0.25) is 0 Å². The lowest BCUT2D eigenvalue weighted by molar-refractivity contribution is -0.197. The van der Waals surface area contributed by atoms with E-state index in [-0.39, 0.29) is 0 Å². The first kappa shape index (κ1) is 11.5. The molecule has 0 fully saturated rings. The van der Waals surface area contributed by atoms with E-state index in [2.05, 4.69) is 0 Å². The van der Waals surface area contributed by atoms with Gasteiger partial charge >= 0.3 is 6.18 Å². The standard InChI is InChI=1S/C3H5F3O.C2H6/c1-2(7)3(4,5)6;1-2/h2,7H,1H3;1-2H3. The molecule has 0 spiro atoms. The van der Waals surface area contributed by atoms with Crippen LogP contribution in [-0.2, 0) is 0 Å². The Hall–Kier alpha value is -0.250. The van der Waals surface area contributed by atoms with Crippen molar-refractivity contribution in [3.63, 3.8) is 0 Å². The van der Waals surface area contributed by atoms with Gasteiger partial charge in [-0.2, -0.15) is 13.2 Å². The maximum absolute atomic E-state index is 10.9. The molecule has 4 heteroatoms. The third kappa shape index (κ3) is 7.75. The number of rotatable bonds is 0. The minimum absolute atomic E-state index is 0.681. The number of hydrogen-bond acceptors (Lipinski definition) is 1.